The first-order chi connectivity index (χ1) is 11.2. The van der Waals surface area contributed by atoms with Gasteiger partial charge in [-0.3, -0.25) is 4.79 Å². The molecule has 0 aliphatic rings. The molecule has 23 heavy (non-hydrogen) atoms. The molecule has 2 aromatic carbocycles. The lowest BCUT2D eigenvalue weighted by atomic mass is 10.3. The minimum absolute atomic E-state index is 0.148. The number of nitrogens with one attached hydrogen (secondary N) is 1. The molecule has 1 N–H and O–H groups in total. The second-order valence-corrected chi connectivity index (χ2v) is 5.60. The van der Waals surface area contributed by atoms with Crippen LogP contribution in [0.3, 0.4) is 0 Å². The van der Waals surface area contributed by atoms with Gasteiger partial charge < -0.3 is 5.32 Å². The van der Waals surface area contributed by atoms with Crippen LogP contribution in [0.15, 0.2) is 66.1 Å². The van der Waals surface area contributed by atoms with Gasteiger partial charge in [0.2, 0.25) is 11.1 Å². The molecule has 0 saturated heterocycles. The number of aromatic nitrogens is 3. The van der Waals surface area contributed by atoms with Crippen molar-refractivity contribution in [3.63, 3.8) is 0 Å². The largest absolute Gasteiger partial charge is 0.325 e. The molecule has 0 spiro atoms. The first-order valence-corrected chi connectivity index (χ1v) is 7.84. The van der Waals surface area contributed by atoms with Crippen molar-refractivity contribution in [1.82, 2.24) is 14.8 Å². The van der Waals surface area contributed by atoms with Crippen LogP contribution in [0.1, 0.15) is 0 Å². The lowest BCUT2D eigenvalue weighted by Crippen LogP contribution is -2.14. The van der Waals surface area contributed by atoms with Crippen molar-refractivity contribution in [2.45, 2.75) is 5.16 Å². The summed E-state index contributed by atoms with van der Waals surface area (Å²) in [5.74, 6) is -0.481. The minimum atomic E-state index is -0.390. The first kappa shape index (κ1) is 15.2. The van der Waals surface area contributed by atoms with E-state index in [1.54, 1.807) is 23.1 Å². The molecule has 7 heteroatoms. The highest BCUT2D eigenvalue weighted by atomic mass is 32.2. The maximum Gasteiger partial charge on any atom is 0.234 e. The van der Waals surface area contributed by atoms with Gasteiger partial charge in [0, 0.05) is 5.69 Å². The van der Waals surface area contributed by atoms with Crippen molar-refractivity contribution in [3.05, 3.63) is 66.7 Å². The summed E-state index contributed by atoms with van der Waals surface area (Å²) in [6.45, 7) is 0. The maximum absolute atomic E-state index is 13.1. The highest BCUT2D eigenvalue weighted by Crippen LogP contribution is 2.15. The van der Waals surface area contributed by atoms with Crippen molar-refractivity contribution in [2.24, 2.45) is 0 Å². The molecule has 0 fully saturated rings. The van der Waals surface area contributed by atoms with E-state index >= 15 is 0 Å². The molecule has 0 aliphatic carbocycles. The Morgan fingerprint density at radius 3 is 2.78 bits per heavy atom. The van der Waals surface area contributed by atoms with Crippen molar-refractivity contribution < 1.29 is 9.18 Å². The fourth-order valence-electron chi connectivity index (χ4n) is 1.91. The quantitative estimate of drug-likeness (QED) is 0.731. The third-order valence-electron chi connectivity index (χ3n) is 2.93. The molecule has 3 aromatic rings. The van der Waals surface area contributed by atoms with Crippen LogP contribution in [0.2, 0.25) is 0 Å². The summed E-state index contributed by atoms with van der Waals surface area (Å²) in [5, 5.41) is 7.43. The van der Waals surface area contributed by atoms with Crippen molar-refractivity contribution in [3.8, 4) is 5.69 Å². The summed E-state index contributed by atoms with van der Waals surface area (Å²) in [6.07, 6.45) is 1.60. The van der Waals surface area contributed by atoms with Crippen LogP contribution in [0, 0.1) is 5.82 Å². The Hall–Kier alpha value is -2.67. The number of carbonyl (C=O) groups excluding carboxylic acids is 1. The Morgan fingerprint density at radius 1 is 1.17 bits per heavy atom. The standard InChI is InChI=1S/C16H13FN4OS/c17-12-5-4-6-13(9-12)19-15(22)10-23-16-18-11-21(20-16)14-7-2-1-3-8-14/h1-9,11H,10H2,(H,19,22). The normalized spacial score (nSPS) is 10.5. The van der Waals surface area contributed by atoms with E-state index in [0.717, 1.165) is 5.69 Å². The predicted octanol–water partition coefficient (Wildman–Crippen LogP) is 3.14. The summed E-state index contributed by atoms with van der Waals surface area (Å²) >= 11 is 1.22. The first-order valence-electron chi connectivity index (χ1n) is 6.86. The van der Waals surface area contributed by atoms with Crippen LogP contribution in [0.25, 0.3) is 5.69 Å². The minimum Gasteiger partial charge on any atom is -0.325 e. The van der Waals surface area contributed by atoms with Crippen LogP contribution in [0.5, 0.6) is 0 Å². The SMILES string of the molecule is O=C(CSc1ncn(-c2ccccc2)n1)Nc1cccc(F)c1. The van der Waals surface area contributed by atoms with Crippen LogP contribution in [-0.2, 0) is 4.79 Å². The zero-order valence-electron chi connectivity index (χ0n) is 12.0. The second kappa shape index (κ2) is 7.06. The van der Waals surface area contributed by atoms with Gasteiger partial charge in [-0.1, -0.05) is 36.0 Å². The van der Waals surface area contributed by atoms with Gasteiger partial charge in [0.25, 0.3) is 0 Å². The van der Waals surface area contributed by atoms with E-state index in [9.17, 15) is 9.18 Å². The molecule has 0 atom stereocenters. The van der Waals surface area contributed by atoms with Crippen LogP contribution < -0.4 is 5.32 Å². The predicted molar refractivity (Wildman–Crippen MR) is 87.1 cm³/mol. The zero-order chi connectivity index (χ0) is 16.1. The molecule has 1 heterocycles. The fourth-order valence-corrected chi connectivity index (χ4v) is 2.51. The Labute approximate surface area is 136 Å². The summed E-state index contributed by atoms with van der Waals surface area (Å²) in [6, 6.07) is 15.4. The lowest BCUT2D eigenvalue weighted by molar-refractivity contribution is -0.113. The van der Waals surface area contributed by atoms with E-state index in [0.29, 0.717) is 10.8 Å². The molecule has 0 radical (unpaired) electrons. The number of thioether (sulfide) groups is 1. The topological polar surface area (TPSA) is 59.8 Å². The number of halogens is 1. The van der Waals surface area contributed by atoms with Crippen LogP contribution >= 0.6 is 11.8 Å². The van der Waals surface area contributed by atoms with Gasteiger partial charge >= 0.3 is 0 Å². The molecule has 1 aromatic heterocycles. The van der Waals surface area contributed by atoms with E-state index < -0.39 is 5.82 Å². The molecular weight excluding hydrogens is 315 g/mol. The van der Waals surface area contributed by atoms with Gasteiger partial charge in [0.05, 0.1) is 11.4 Å². The molecular formula is C16H13FN4OS. The summed E-state index contributed by atoms with van der Waals surface area (Å²) in [7, 11) is 0. The van der Waals surface area contributed by atoms with Gasteiger partial charge in [-0.05, 0) is 30.3 Å². The number of hydrogen-bond donors (Lipinski definition) is 1. The molecule has 0 saturated carbocycles. The maximum atomic E-state index is 13.1. The Balaban J connectivity index is 1.56. The summed E-state index contributed by atoms with van der Waals surface area (Å²) < 4.78 is 14.7. The van der Waals surface area contributed by atoms with Crippen molar-refractivity contribution in [2.75, 3.05) is 11.1 Å². The van der Waals surface area contributed by atoms with Gasteiger partial charge in [0.15, 0.2) is 0 Å². The average molecular weight is 328 g/mol. The average Bonchev–Trinajstić information content (AvgIpc) is 3.03. The van der Waals surface area contributed by atoms with E-state index in [4.69, 9.17) is 0 Å². The number of carbonyl (C=O) groups is 1. The van der Waals surface area contributed by atoms with E-state index in [1.165, 1.54) is 23.9 Å². The molecule has 5 nitrogen and oxygen atoms in total. The van der Waals surface area contributed by atoms with Crippen molar-refractivity contribution in [1.29, 1.82) is 0 Å². The molecule has 3 rings (SSSR count). The Morgan fingerprint density at radius 2 is 2.00 bits per heavy atom. The highest BCUT2D eigenvalue weighted by Gasteiger charge is 2.08. The molecule has 0 aliphatic heterocycles. The third-order valence-corrected chi connectivity index (χ3v) is 3.78. The number of benzene rings is 2. The van der Waals surface area contributed by atoms with Crippen LogP contribution in [0.4, 0.5) is 10.1 Å². The van der Waals surface area contributed by atoms with E-state index in [1.807, 2.05) is 30.3 Å². The lowest BCUT2D eigenvalue weighted by Gasteiger charge is -2.03. The molecule has 0 unspecified atom stereocenters. The molecule has 1 amide bonds. The van der Waals surface area contributed by atoms with Gasteiger partial charge in [0.1, 0.15) is 12.1 Å². The van der Waals surface area contributed by atoms with E-state index in [2.05, 4.69) is 15.4 Å². The smallest absolute Gasteiger partial charge is 0.234 e. The number of nitrogens with zero attached hydrogens (tertiary/aromatic N) is 3. The monoisotopic (exact) mass is 328 g/mol. The van der Waals surface area contributed by atoms with Gasteiger partial charge in [-0.15, -0.1) is 5.10 Å². The third kappa shape index (κ3) is 4.17. The number of hydrogen-bond acceptors (Lipinski definition) is 4. The summed E-state index contributed by atoms with van der Waals surface area (Å²) in [4.78, 5) is 16.0. The Bertz CT molecular complexity index is 807. The van der Waals surface area contributed by atoms with E-state index in [-0.39, 0.29) is 11.7 Å². The number of para-hydroxylation sites is 1. The number of rotatable bonds is 5. The molecule has 116 valence electrons. The summed E-state index contributed by atoms with van der Waals surface area (Å²) in [5.41, 5.74) is 1.33. The van der Waals surface area contributed by atoms with Gasteiger partial charge in [-0.2, -0.15) is 0 Å². The van der Waals surface area contributed by atoms with Crippen LogP contribution in [-0.4, -0.2) is 26.4 Å². The molecule has 0 bridgehead atoms. The fraction of sp³-hybridized carbons (Fsp3) is 0.0625. The van der Waals surface area contributed by atoms with Crippen molar-refractivity contribution >= 4 is 23.4 Å². The van der Waals surface area contributed by atoms with Gasteiger partial charge in [-0.25, -0.2) is 14.1 Å². The Kier molecular flexibility index (Phi) is 4.68. The second-order valence-electron chi connectivity index (χ2n) is 4.65. The zero-order valence-corrected chi connectivity index (χ0v) is 12.8. The number of anilines is 1. The number of amides is 1. The highest BCUT2D eigenvalue weighted by molar-refractivity contribution is 7.99.